The van der Waals surface area contributed by atoms with E-state index in [0.717, 1.165) is 6.54 Å². The van der Waals surface area contributed by atoms with E-state index < -0.39 is 16.1 Å². The Morgan fingerprint density at radius 2 is 2.21 bits per heavy atom. The molecule has 2 atom stereocenters. The molecule has 2 aliphatic rings. The maximum Gasteiger partial charge on any atom is 0.250 e. The summed E-state index contributed by atoms with van der Waals surface area (Å²) in [5, 5.41) is 7.44. The zero-order chi connectivity index (χ0) is 19.7. The van der Waals surface area contributed by atoms with Gasteiger partial charge in [0.2, 0.25) is 10.0 Å². The molecule has 28 heavy (non-hydrogen) atoms. The lowest BCUT2D eigenvalue weighted by Gasteiger charge is -2.24. The van der Waals surface area contributed by atoms with Gasteiger partial charge in [0, 0.05) is 55.4 Å². The Bertz CT molecular complexity index is 989. The van der Waals surface area contributed by atoms with E-state index in [1.807, 2.05) is 0 Å². The number of hydrogen-bond acceptors (Lipinski definition) is 6. The third kappa shape index (κ3) is 3.72. The molecule has 150 valence electrons. The van der Waals surface area contributed by atoms with Crippen LogP contribution in [0.2, 0.25) is 5.02 Å². The fraction of sp³-hybridized carbons (Fsp3) is 0.444. The number of morpholine rings is 1. The molecule has 0 bridgehead atoms. The zero-order valence-electron chi connectivity index (χ0n) is 15.1. The second kappa shape index (κ2) is 7.92. The molecule has 0 aliphatic carbocycles. The van der Waals surface area contributed by atoms with E-state index >= 15 is 0 Å². The minimum Gasteiger partial charge on any atom is -0.366 e. The summed E-state index contributed by atoms with van der Waals surface area (Å²) in [4.78, 5) is 16.5. The van der Waals surface area contributed by atoms with Crippen LogP contribution in [0.25, 0.3) is 10.8 Å². The number of ether oxygens (including phenoxy) is 1. The first kappa shape index (κ1) is 19.5. The normalized spacial score (nSPS) is 23.8. The molecule has 3 heterocycles. The van der Waals surface area contributed by atoms with E-state index in [2.05, 4.69) is 15.6 Å². The number of halogens is 1. The van der Waals surface area contributed by atoms with Crippen molar-refractivity contribution < 1.29 is 17.9 Å². The molecular weight excluding hydrogens is 404 g/mol. The molecule has 0 spiro atoms. The average molecular weight is 425 g/mol. The van der Waals surface area contributed by atoms with Gasteiger partial charge in [-0.1, -0.05) is 23.7 Å². The number of nitrogens with zero attached hydrogens (tertiary/aromatic N) is 2. The summed E-state index contributed by atoms with van der Waals surface area (Å²) < 4.78 is 33.3. The lowest BCUT2D eigenvalue weighted by Crippen LogP contribution is -2.50. The van der Waals surface area contributed by atoms with Crippen molar-refractivity contribution in [2.45, 2.75) is 23.5 Å². The Morgan fingerprint density at radius 3 is 3.00 bits per heavy atom. The van der Waals surface area contributed by atoms with E-state index in [1.54, 1.807) is 24.4 Å². The van der Waals surface area contributed by atoms with Gasteiger partial charge in [-0.2, -0.15) is 4.31 Å². The van der Waals surface area contributed by atoms with Gasteiger partial charge in [-0.25, -0.2) is 8.42 Å². The molecule has 1 amide bonds. The van der Waals surface area contributed by atoms with Gasteiger partial charge < -0.3 is 15.4 Å². The van der Waals surface area contributed by atoms with Crippen molar-refractivity contribution in [3.8, 4) is 0 Å². The molecule has 10 heteroatoms. The summed E-state index contributed by atoms with van der Waals surface area (Å²) in [6, 6.07) is 4.76. The molecule has 4 rings (SSSR count). The second-order valence-corrected chi connectivity index (χ2v) is 9.21. The van der Waals surface area contributed by atoms with Gasteiger partial charge in [-0.3, -0.25) is 9.78 Å². The van der Waals surface area contributed by atoms with Crippen LogP contribution in [0.5, 0.6) is 0 Å². The molecule has 0 saturated carbocycles. The van der Waals surface area contributed by atoms with Gasteiger partial charge in [0.25, 0.3) is 5.91 Å². The maximum absolute atomic E-state index is 13.2. The lowest BCUT2D eigenvalue weighted by molar-refractivity contribution is -0.134. The van der Waals surface area contributed by atoms with Crippen molar-refractivity contribution in [3.05, 3.63) is 35.6 Å². The topological polar surface area (TPSA) is 101 Å². The third-order valence-corrected chi connectivity index (χ3v) is 7.23. The Morgan fingerprint density at radius 1 is 1.36 bits per heavy atom. The number of amides is 1. The highest BCUT2D eigenvalue weighted by molar-refractivity contribution is 7.89. The average Bonchev–Trinajstić information content (AvgIpc) is 3.18. The van der Waals surface area contributed by atoms with E-state index in [0.29, 0.717) is 41.9 Å². The highest BCUT2D eigenvalue weighted by atomic mass is 35.5. The SMILES string of the molecule is O=C(N[C@H]1CCN(S(=O)(=O)c2cccc3cncc(Cl)c23)C1)C1CNCCO1. The molecule has 2 aliphatic heterocycles. The van der Waals surface area contributed by atoms with Crippen LogP contribution in [0.3, 0.4) is 0 Å². The van der Waals surface area contributed by atoms with Crippen LogP contribution in [0.15, 0.2) is 35.5 Å². The minimum absolute atomic E-state index is 0.157. The highest BCUT2D eigenvalue weighted by Crippen LogP contribution is 2.32. The number of aromatic nitrogens is 1. The number of carbonyl (C=O) groups excluding carboxylic acids is 1. The van der Waals surface area contributed by atoms with Crippen molar-refractivity contribution in [3.63, 3.8) is 0 Å². The number of rotatable bonds is 4. The Balaban J connectivity index is 1.51. The molecule has 2 saturated heterocycles. The molecule has 1 unspecified atom stereocenters. The van der Waals surface area contributed by atoms with Crippen molar-refractivity contribution in [2.75, 3.05) is 32.8 Å². The van der Waals surface area contributed by atoms with E-state index in [-0.39, 0.29) is 23.4 Å². The number of sulfonamides is 1. The zero-order valence-corrected chi connectivity index (χ0v) is 16.7. The number of hydrogen-bond donors (Lipinski definition) is 2. The van der Waals surface area contributed by atoms with Crippen LogP contribution in [0.4, 0.5) is 0 Å². The summed E-state index contributed by atoms with van der Waals surface area (Å²) in [5.74, 6) is -0.212. The monoisotopic (exact) mass is 424 g/mol. The van der Waals surface area contributed by atoms with E-state index in [1.165, 1.54) is 10.5 Å². The first-order valence-corrected chi connectivity index (χ1v) is 10.9. The largest absolute Gasteiger partial charge is 0.366 e. The Kier molecular flexibility index (Phi) is 5.52. The van der Waals surface area contributed by atoms with Crippen LogP contribution in [0, 0.1) is 0 Å². The highest BCUT2D eigenvalue weighted by Gasteiger charge is 2.35. The predicted molar refractivity (Wildman–Crippen MR) is 105 cm³/mol. The van der Waals surface area contributed by atoms with Crippen LogP contribution in [-0.2, 0) is 19.6 Å². The summed E-state index contributed by atoms with van der Waals surface area (Å²) in [6.45, 7) is 2.22. The van der Waals surface area contributed by atoms with Gasteiger partial charge in [0.15, 0.2) is 0 Å². The fourth-order valence-electron chi connectivity index (χ4n) is 3.61. The van der Waals surface area contributed by atoms with Crippen LogP contribution in [-0.4, -0.2) is 68.5 Å². The molecule has 1 aromatic carbocycles. The third-order valence-electron chi connectivity index (χ3n) is 5.03. The number of nitrogens with one attached hydrogen (secondary N) is 2. The number of pyridine rings is 1. The van der Waals surface area contributed by atoms with Gasteiger partial charge in [0.1, 0.15) is 6.10 Å². The molecule has 2 fully saturated rings. The molecular formula is C18H21ClN4O4S. The lowest BCUT2D eigenvalue weighted by atomic mass is 10.2. The molecule has 0 radical (unpaired) electrons. The van der Waals surface area contributed by atoms with Crippen molar-refractivity contribution in [2.24, 2.45) is 0 Å². The quantitative estimate of drug-likeness (QED) is 0.751. The van der Waals surface area contributed by atoms with Crippen LogP contribution in [0.1, 0.15) is 6.42 Å². The van der Waals surface area contributed by atoms with Crippen molar-refractivity contribution >= 4 is 38.3 Å². The molecule has 2 N–H and O–H groups in total. The fourth-order valence-corrected chi connectivity index (χ4v) is 5.66. The maximum atomic E-state index is 13.2. The van der Waals surface area contributed by atoms with Crippen molar-refractivity contribution in [1.29, 1.82) is 0 Å². The van der Waals surface area contributed by atoms with E-state index in [4.69, 9.17) is 16.3 Å². The van der Waals surface area contributed by atoms with Gasteiger partial charge in [-0.15, -0.1) is 0 Å². The second-order valence-electron chi connectivity index (χ2n) is 6.90. The standard InChI is InChI=1S/C18H21ClN4O4S/c19-14-9-21-8-12-2-1-3-16(17(12)14)28(25,26)23-6-4-13(11-23)22-18(24)15-10-20-5-7-27-15/h1-3,8-9,13,15,20H,4-7,10-11H2,(H,22,24)/t13-,15?/m0/s1. The summed E-state index contributed by atoms with van der Waals surface area (Å²) in [7, 11) is -3.76. The molecule has 2 aromatic rings. The number of carbonyl (C=O) groups is 1. The van der Waals surface area contributed by atoms with Gasteiger partial charge in [0.05, 0.1) is 16.5 Å². The summed E-state index contributed by atoms with van der Waals surface area (Å²) in [5.41, 5.74) is 0. The van der Waals surface area contributed by atoms with Crippen LogP contribution >= 0.6 is 11.6 Å². The van der Waals surface area contributed by atoms with Crippen molar-refractivity contribution in [1.82, 2.24) is 19.9 Å². The van der Waals surface area contributed by atoms with Gasteiger partial charge >= 0.3 is 0 Å². The first-order chi connectivity index (χ1) is 13.5. The summed E-state index contributed by atoms with van der Waals surface area (Å²) >= 11 is 6.24. The van der Waals surface area contributed by atoms with Gasteiger partial charge in [-0.05, 0) is 12.5 Å². The molecule has 8 nitrogen and oxygen atoms in total. The minimum atomic E-state index is -3.76. The number of benzene rings is 1. The Labute approximate surface area is 168 Å². The molecule has 1 aromatic heterocycles. The summed E-state index contributed by atoms with van der Waals surface area (Å²) in [6.07, 6.45) is 3.04. The smallest absolute Gasteiger partial charge is 0.250 e. The Hall–Kier alpha value is -1.78. The first-order valence-electron chi connectivity index (χ1n) is 9.12. The number of fused-ring (bicyclic) bond motifs is 1. The van der Waals surface area contributed by atoms with Crippen LogP contribution < -0.4 is 10.6 Å². The predicted octanol–water partition coefficient (Wildman–Crippen LogP) is 0.756. The van der Waals surface area contributed by atoms with E-state index in [9.17, 15) is 13.2 Å².